The van der Waals surface area contributed by atoms with E-state index < -0.39 is 0 Å². The SMILES string of the molecule is CN=C(NCCCCN1CCN(C)CC1)NCc1ccccc1F. The number of hydrogen-bond donors (Lipinski definition) is 2. The molecule has 1 heterocycles. The van der Waals surface area contributed by atoms with Gasteiger partial charge >= 0.3 is 0 Å². The van der Waals surface area contributed by atoms with Crippen molar-refractivity contribution >= 4 is 5.96 Å². The van der Waals surface area contributed by atoms with E-state index in [4.69, 9.17) is 0 Å². The Balaban J connectivity index is 1.57. The molecule has 0 spiro atoms. The van der Waals surface area contributed by atoms with Gasteiger partial charge in [0.2, 0.25) is 0 Å². The lowest BCUT2D eigenvalue weighted by Gasteiger charge is -2.32. The minimum atomic E-state index is -0.187. The highest BCUT2D eigenvalue weighted by molar-refractivity contribution is 5.79. The van der Waals surface area contributed by atoms with Gasteiger partial charge in [-0.15, -0.1) is 0 Å². The van der Waals surface area contributed by atoms with Crippen molar-refractivity contribution < 1.29 is 4.39 Å². The summed E-state index contributed by atoms with van der Waals surface area (Å²) in [5.41, 5.74) is 0.649. The number of likely N-dealkylation sites (N-methyl/N-ethyl adjacent to an activating group) is 1. The van der Waals surface area contributed by atoms with E-state index in [0.29, 0.717) is 12.1 Å². The van der Waals surface area contributed by atoms with Crippen molar-refractivity contribution in [3.8, 4) is 0 Å². The Morgan fingerprint density at radius 1 is 1.12 bits per heavy atom. The molecule has 0 aliphatic carbocycles. The van der Waals surface area contributed by atoms with E-state index in [1.54, 1.807) is 19.2 Å². The summed E-state index contributed by atoms with van der Waals surface area (Å²) in [6, 6.07) is 6.80. The number of piperazine rings is 1. The molecule has 5 nitrogen and oxygen atoms in total. The van der Waals surface area contributed by atoms with E-state index in [2.05, 4.69) is 32.5 Å². The van der Waals surface area contributed by atoms with Crippen molar-refractivity contribution in [1.82, 2.24) is 20.4 Å². The standard InChI is InChI=1S/C18H30FN5/c1-20-18(22-15-16-7-3-4-8-17(16)19)21-9-5-6-10-24-13-11-23(2)12-14-24/h3-4,7-8H,5-6,9-15H2,1-2H3,(H2,20,21,22). The molecule has 0 atom stereocenters. The summed E-state index contributed by atoms with van der Waals surface area (Å²) in [6.45, 7) is 7.18. The first-order valence-corrected chi connectivity index (χ1v) is 8.78. The molecule has 134 valence electrons. The van der Waals surface area contributed by atoms with E-state index in [9.17, 15) is 4.39 Å². The fourth-order valence-corrected chi connectivity index (χ4v) is 2.78. The Morgan fingerprint density at radius 2 is 1.88 bits per heavy atom. The number of aliphatic imine (C=N–C) groups is 1. The molecule has 0 saturated carbocycles. The Kier molecular flexibility index (Phi) is 7.98. The van der Waals surface area contributed by atoms with E-state index in [1.165, 1.54) is 38.7 Å². The molecule has 1 fully saturated rings. The van der Waals surface area contributed by atoms with Gasteiger partial charge in [-0.3, -0.25) is 4.99 Å². The van der Waals surface area contributed by atoms with Crippen molar-refractivity contribution in [2.45, 2.75) is 19.4 Å². The zero-order chi connectivity index (χ0) is 17.2. The summed E-state index contributed by atoms with van der Waals surface area (Å²) in [5.74, 6) is 0.533. The van der Waals surface area contributed by atoms with Crippen LogP contribution in [0.4, 0.5) is 4.39 Å². The number of nitrogens with zero attached hydrogens (tertiary/aromatic N) is 3. The quantitative estimate of drug-likeness (QED) is 0.450. The van der Waals surface area contributed by atoms with Crippen LogP contribution in [0, 0.1) is 5.82 Å². The van der Waals surface area contributed by atoms with Crippen LogP contribution in [0.3, 0.4) is 0 Å². The number of nitrogens with one attached hydrogen (secondary N) is 2. The lowest BCUT2D eigenvalue weighted by Crippen LogP contribution is -2.44. The summed E-state index contributed by atoms with van der Waals surface area (Å²) >= 11 is 0. The zero-order valence-corrected chi connectivity index (χ0v) is 14.9. The van der Waals surface area contributed by atoms with Gasteiger partial charge in [-0.2, -0.15) is 0 Å². The number of halogens is 1. The molecule has 6 heteroatoms. The maximum Gasteiger partial charge on any atom is 0.191 e. The second kappa shape index (κ2) is 10.3. The molecule has 2 N–H and O–H groups in total. The van der Waals surface area contributed by atoms with Gasteiger partial charge < -0.3 is 20.4 Å². The molecule has 0 aromatic heterocycles. The maximum absolute atomic E-state index is 13.6. The van der Waals surface area contributed by atoms with Gasteiger partial charge in [0.15, 0.2) is 5.96 Å². The van der Waals surface area contributed by atoms with Crippen LogP contribution >= 0.6 is 0 Å². The van der Waals surface area contributed by atoms with E-state index in [-0.39, 0.29) is 5.82 Å². The zero-order valence-electron chi connectivity index (χ0n) is 14.9. The van der Waals surface area contributed by atoms with Crippen molar-refractivity contribution in [1.29, 1.82) is 0 Å². The summed E-state index contributed by atoms with van der Waals surface area (Å²) < 4.78 is 13.6. The predicted octanol–water partition coefficient (Wildman–Crippen LogP) is 1.52. The molecular formula is C18H30FN5. The second-order valence-electron chi connectivity index (χ2n) is 6.30. The first-order chi connectivity index (χ1) is 11.7. The van der Waals surface area contributed by atoms with Crippen LogP contribution in [0.2, 0.25) is 0 Å². The minimum absolute atomic E-state index is 0.187. The number of benzene rings is 1. The molecule has 1 saturated heterocycles. The lowest BCUT2D eigenvalue weighted by molar-refractivity contribution is 0.152. The molecule has 0 unspecified atom stereocenters. The maximum atomic E-state index is 13.6. The molecule has 0 radical (unpaired) electrons. The van der Waals surface area contributed by atoms with Crippen LogP contribution in [0.15, 0.2) is 29.3 Å². The van der Waals surface area contributed by atoms with Crippen molar-refractivity contribution in [3.63, 3.8) is 0 Å². The Bertz CT molecular complexity index is 512. The van der Waals surface area contributed by atoms with Crippen LogP contribution in [-0.4, -0.2) is 69.1 Å². The van der Waals surface area contributed by atoms with Crippen molar-refractivity contribution in [3.05, 3.63) is 35.6 Å². The first-order valence-electron chi connectivity index (χ1n) is 8.78. The molecule has 24 heavy (non-hydrogen) atoms. The van der Waals surface area contributed by atoms with Crippen molar-refractivity contribution in [2.75, 3.05) is 53.4 Å². The second-order valence-corrected chi connectivity index (χ2v) is 6.30. The van der Waals surface area contributed by atoms with Gasteiger partial charge in [0, 0.05) is 51.9 Å². The molecule has 2 rings (SSSR count). The average molecular weight is 335 g/mol. The summed E-state index contributed by atoms with van der Waals surface area (Å²) in [5, 5.41) is 6.45. The van der Waals surface area contributed by atoms with Crippen LogP contribution < -0.4 is 10.6 Å². The number of unbranched alkanes of at least 4 members (excludes halogenated alkanes) is 1. The smallest absolute Gasteiger partial charge is 0.191 e. The topological polar surface area (TPSA) is 42.9 Å². The summed E-state index contributed by atoms with van der Waals surface area (Å²) in [4.78, 5) is 9.10. The van der Waals surface area contributed by atoms with E-state index >= 15 is 0 Å². The van der Waals surface area contributed by atoms with Crippen LogP contribution in [0.25, 0.3) is 0 Å². The highest BCUT2D eigenvalue weighted by Crippen LogP contribution is 2.05. The largest absolute Gasteiger partial charge is 0.356 e. The van der Waals surface area contributed by atoms with Gasteiger partial charge in [0.05, 0.1) is 0 Å². The fraction of sp³-hybridized carbons (Fsp3) is 0.611. The molecular weight excluding hydrogens is 305 g/mol. The van der Waals surface area contributed by atoms with Gasteiger partial charge in [-0.05, 0) is 32.5 Å². The van der Waals surface area contributed by atoms with Crippen molar-refractivity contribution in [2.24, 2.45) is 4.99 Å². The Morgan fingerprint density at radius 3 is 2.58 bits per heavy atom. The third kappa shape index (κ3) is 6.45. The highest BCUT2D eigenvalue weighted by atomic mass is 19.1. The molecule has 1 aromatic rings. The van der Waals surface area contributed by atoms with E-state index in [0.717, 1.165) is 25.5 Å². The molecule has 1 aliphatic heterocycles. The van der Waals surface area contributed by atoms with Gasteiger partial charge in [0.25, 0.3) is 0 Å². The normalized spacial score (nSPS) is 17.0. The average Bonchev–Trinajstić information content (AvgIpc) is 2.60. The first kappa shape index (κ1) is 18.7. The van der Waals surface area contributed by atoms with Gasteiger partial charge in [-0.1, -0.05) is 18.2 Å². The summed E-state index contributed by atoms with van der Waals surface area (Å²) in [7, 11) is 3.92. The predicted molar refractivity (Wildman–Crippen MR) is 97.8 cm³/mol. The van der Waals surface area contributed by atoms with E-state index in [1.807, 2.05) is 6.07 Å². The number of guanidine groups is 1. The lowest BCUT2D eigenvalue weighted by atomic mass is 10.2. The minimum Gasteiger partial charge on any atom is -0.356 e. The molecule has 0 amide bonds. The monoisotopic (exact) mass is 335 g/mol. The number of rotatable bonds is 7. The highest BCUT2D eigenvalue weighted by Gasteiger charge is 2.12. The molecule has 1 aliphatic rings. The molecule has 0 bridgehead atoms. The Hall–Kier alpha value is -1.66. The van der Waals surface area contributed by atoms with Crippen LogP contribution in [0.1, 0.15) is 18.4 Å². The van der Waals surface area contributed by atoms with Crippen LogP contribution in [-0.2, 0) is 6.54 Å². The van der Waals surface area contributed by atoms with Crippen LogP contribution in [0.5, 0.6) is 0 Å². The Labute approximate surface area is 144 Å². The third-order valence-electron chi connectivity index (χ3n) is 4.42. The molecule has 1 aromatic carbocycles. The van der Waals surface area contributed by atoms with Gasteiger partial charge in [0.1, 0.15) is 5.82 Å². The third-order valence-corrected chi connectivity index (χ3v) is 4.42. The fourth-order valence-electron chi connectivity index (χ4n) is 2.78. The number of hydrogen-bond acceptors (Lipinski definition) is 3. The summed E-state index contributed by atoms with van der Waals surface area (Å²) in [6.07, 6.45) is 2.29. The van der Waals surface area contributed by atoms with Gasteiger partial charge in [-0.25, -0.2) is 4.39 Å².